The van der Waals surface area contributed by atoms with Gasteiger partial charge in [0.1, 0.15) is 0 Å². The van der Waals surface area contributed by atoms with Gasteiger partial charge in [-0.15, -0.1) is 11.3 Å². The van der Waals surface area contributed by atoms with Gasteiger partial charge in [-0.25, -0.2) is 4.98 Å². The maximum absolute atomic E-state index is 12.2. The van der Waals surface area contributed by atoms with E-state index in [1.165, 1.54) is 36.4 Å². The molecule has 5 nitrogen and oxygen atoms in total. The van der Waals surface area contributed by atoms with Gasteiger partial charge in [-0.05, 0) is 33.6 Å². The first-order valence-electron chi connectivity index (χ1n) is 9.74. The molecule has 1 unspecified atom stereocenters. The normalized spacial score (nSPS) is 21.8. The smallest absolute Gasteiger partial charge is 0.237 e. The molecule has 140 valence electrons. The van der Waals surface area contributed by atoms with Crippen molar-refractivity contribution in [2.24, 2.45) is 0 Å². The summed E-state index contributed by atoms with van der Waals surface area (Å²) < 4.78 is 0. The maximum Gasteiger partial charge on any atom is 0.237 e. The molecule has 1 aromatic heterocycles. The highest BCUT2D eigenvalue weighted by molar-refractivity contribution is 7.09. The average molecular weight is 365 g/mol. The van der Waals surface area contributed by atoms with Gasteiger partial charge >= 0.3 is 0 Å². The molecule has 1 atom stereocenters. The summed E-state index contributed by atoms with van der Waals surface area (Å²) in [5.74, 6) is 0.861. The van der Waals surface area contributed by atoms with Gasteiger partial charge < -0.3 is 5.32 Å². The summed E-state index contributed by atoms with van der Waals surface area (Å²) in [5, 5.41) is 6.62. The maximum atomic E-state index is 12.2. The molecule has 1 aliphatic heterocycles. The Balaban J connectivity index is 1.45. The van der Waals surface area contributed by atoms with Crippen LogP contribution >= 0.6 is 11.3 Å². The largest absolute Gasteiger partial charge is 0.353 e. The quantitative estimate of drug-likeness (QED) is 0.843. The van der Waals surface area contributed by atoms with Crippen molar-refractivity contribution in [3.05, 3.63) is 16.1 Å². The molecule has 1 amide bonds. The first-order valence-corrected chi connectivity index (χ1v) is 10.6. The average Bonchev–Trinajstić information content (AvgIpc) is 3.25. The van der Waals surface area contributed by atoms with E-state index in [1.807, 2.05) is 32.1 Å². The highest BCUT2D eigenvalue weighted by atomic mass is 32.1. The van der Waals surface area contributed by atoms with Crippen LogP contribution in [-0.2, 0) is 11.3 Å². The van der Waals surface area contributed by atoms with Crippen molar-refractivity contribution >= 4 is 17.2 Å². The minimum Gasteiger partial charge on any atom is -0.353 e. The number of thiazole rings is 1. The van der Waals surface area contributed by atoms with Gasteiger partial charge in [0.25, 0.3) is 0 Å². The Bertz CT molecular complexity index is 560. The van der Waals surface area contributed by atoms with Crippen molar-refractivity contribution in [1.29, 1.82) is 0 Å². The lowest BCUT2D eigenvalue weighted by molar-refractivity contribution is -0.127. The molecule has 2 heterocycles. The minimum absolute atomic E-state index is 0.0437. The molecular weight excluding hydrogens is 332 g/mol. The third-order valence-corrected chi connectivity index (χ3v) is 6.48. The van der Waals surface area contributed by atoms with Crippen LogP contribution in [0, 0.1) is 0 Å². The number of nitrogens with zero attached hydrogens (tertiary/aromatic N) is 3. The molecule has 2 aliphatic rings. The fourth-order valence-electron chi connectivity index (χ4n) is 3.86. The van der Waals surface area contributed by atoms with Gasteiger partial charge in [0.2, 0.25) is 5.91 Å². The lowest BCUT2D eigenvalue weighted by Gasteiger charge is -2.37. The predicted octanol–water partition coefficient (Wildman–Crippen LogP) is 2.83. The Morgan fingerprint density at radius 3 is 2.56 bits per heavy atom. The molecule has 1 aliphatic carbocycles. The third kappa shape index (κ3) is 5.02. The molecular formula is C19H32N4OS. The number of piperazine rings is 1. The second-order valence-corrected chi connectivity index (χ2v) is 8.70. The van der Waals surface area contributed by atoms with Crippen LogP contribution in [0.4, 0.5) is 0 Å². The zero-order valence-corrected chi connectivity index (χ0v) is 16.6. The zero-order valence-electron chi connectivity index (χ0n) is 15.8. The van der Waals surface area contributed by atoms with Gasteiger partial charge in [-0.2, -0.15) is 0 Å². The first kappa shape index (κ1) is 18.8. The van der Waals surface area contributed by atoms with Gasteiger partial charge in [0.05, 0.1) is 16.7 Å². The van der Waals surface area contributed by atoms with E-state index >= 15 is 0 Å². The number of nitrogens with one attached hydrogen (secondary N) is 1. The Kier molecular flexibility index (Phi) is 6.47. The number of rotatable bonds is 6. The van der Waals surface area contributed by atoms with Crippen molar-refractivity contribution < 1.29 is 4.79 Å². The van der Waals surface area contributed by atoms with E-state index in [0.717, 1.165) is 38.6 Å². The highest BCUT2D eigenvalue weighted by Gasteiger charge is 2.26. The number of carbonyl (C=O) groups excluding carboxylic acids is 1. The first-order chi connectivity index (χ1) is 12.0. The number of aromatic nitrogens is 1. The van der Waals surface area contributed by atoms with Gasteiger partial charge in [-0.3, -0.25) is 14.6 Å². The predicted molar refractivity (Wildman–Crippen MR) is 103 cm³/mol. The minimum atomic E-state index is -0.0437. The molecule has 0 spiro atoms. The van der Waals surface area contributed by atoms with Crippen molar-refractivity contribution in [1.82, 2.24) is 20.1 Å². The van der Waals surface area contributed by atoms with E-state index in [2.05, 4.69) is 20.5 Å². The molecule has 2 fully saturated rings. The molecule has 0 aromatic carbocycles. The summed E-state index contributed by atoms with van der Waals surface area (Å²) in [6, 6.07) is 0.160. The highest BCUT2D eigenvalue weighted by Crippen LogP contribution is 2.35. The van der Waals surface area contributed by atoms with Crippen LogP contribution in [-0.4, -0.2) is 59.0 Å². The zero-order chi connectivity index (χ0) is 17.8. The van der Waals surface area contributed by atoms with Crippen LogP contribution in [0.1, 0.15) is 63.1 Å². The van der Waals surface area contributed by atoms with Gasteiger partial charge in [0, 0.05) is 50.1 Å². The van der Waals surface area contributed by atoms with Crippen LogP contribution in [0.15, 0.2) is 5.38 Å². The van der Waals surface area contributed by atoms with Crippen LogP contribution in [0.3, 0.4) is 0 Å². The van der Waals surface area contributed by atoms with Crippen molar-refractivity contribution in [3.8, 4) is 0 Å². The fraction of sp³-hybridized carbons (Fsp3) is 0.789. The SMILES string of the molecule is CC(C)NC(=O)C(C)N1CCN(Cc2csc(C3CCCC3)n2)CC1. The summed E-state index contributed by atoms with van der Waals surface area (Å²) in [6.45, 7) is 10.9. The Morgan fingerprint density at radius 2 is 1.92 bits per heavy atom. The van der Waals surface area contributed by atoms with Crippen LogP contribution in [0.2, 0.25) is 0 Å². The lowest BCUT2D eigenvalue weighted by Crippen LogP contribution is -2.54. The van der Waals surface area contributed by atoms with Crippen molar-refractivity contribution in [2.45, 2.75) is 71.0 Å². The Morgan fingerprint density at radius 1 is 1.24 bits per heavy atom. The number of hydrogen-bond acceptors (Lipinski definition) is 5. The van der Waals surface area contributed by atoms with Crippen LogP contribution in [0.25, 0.3) is 0 Å². The second-order valence-electron chi connectivity index (χ2n) is 7.81. The van der Waals surface area contributed by atoms with Crippen molar-refractivity contribution in [3.63, 3.8) is 0 Å². The van der Waals surface area contributed by atoms with Crippen molar-refractivity contribution in [2.75, 3.05) is 26.2 Å². The second kappa shape index (κ2) is 8.60. The van der Waals surface area contributed by atoms with E-state index < -0.39 is 0 Å². The van der Waals surface area contributed by atoms with Crippen LogP contribution < -0.4 is 5.32 Å². The monoisotopic (exact) mass is 364 g/mol. The number of carbonyl (C=O) groups is 1. The van der Waals surface area contributed by atoms with Gasteiger partial charge in [-0.1, -0.05) is 12.8 Å². The van der Waals surface area contributed by atoms with E-state index in [0.29, 0.717) is 0 Å². The van der Waals surface area contributed by atoms with E-state index in [1.54, 1.807) is 0 Å². The summed E-state index contributed by atoms with van der Waals surface area (Å²) in [7, 11) is 0. The fourth-order valence-corrected chi connectivity index (χ4v) is 4.85. The summed E-state index contributed by atoms with van der Waals surface area (Å²) in [4.78, 5) is 21.8. The van der Waals surface area contributed by atoms with Gasteiger partial charge in [0.15, 0.2) is 0 Å². The summed E-state index contributed by atoms with van der Waals surface area (Å²) in [6.07, 6.45) is 5.37. The Labute approximate surface area is 155 Å². The molecule has 3 rings (SSSR count). The van der Waals surface area contributed by atoms with E-state index in [9.17, 15) is 4.79 Å². The topological polar surface area (TPSA) is 48.5 Å². The molecule has 25 heavy (non-hydrogen) atoms. The van der Waals surface area contributed by atoms with E-state index in [4.69, 9.17) is 4.98 Å². The molecule has 1 N–H and O–H groups in total. The third-order valence-electron chi connectivity index (χ3n) is 5.42. The number of hydrogen-bond donors (Lipinski definition) is 1. The summed E-state index contributed by atoms with van der Waals surface area (Å²) in [5.41, 5.74) is 1.23. The lowest BCUT2D eigenvalue weighted by atomic mass is 10.1. The molecule has 6 heteroatoms. The molecule has 1 saturated carbocycles. The molecule has 1 aromatic rings. The molecule has 0 bridgehead atoms. The Hall–Kier alpha value is -0.980. The van der Waals surface area contributed by atoms with Crippen LogP contribution in [0.5, 0.6) is 0 Å². The standard InChI is InChI=1S/C19H32N4OS/c1-14(2)20-18(24)15(3)23-10-8-22(9-11-23)12-17-13-25-19(21-17)16-6-4-5-7-16/h13-16H,4-12H2,1-3H3,(H,20,24). The molecule has 0 radical (unpaired) electrons. The molecule has 1 saturated heterocycles. The summed E-state index contributed by atoms with van der Waals surface area (Å²) >= 11 is 1.85. The number of amides is 1. The van der Waals surface area contributed by atoms with E-state index in [-0.39, 0.29) is 18.0 Å².